The summed E-state index contributed by atoms with van der Waals surface area (Å²) in [7, 11) is 0. The minimum Gasteiger partial charge on any atom is -0.408 e. The molecule has 110 valence electrons. The van der Waals surface area contributed by atoms with Gasteiger partial charge in [-0.15, -0.1) is 0 Å². The van der Waals surface area contributed by atoms with Crippen LogP contribution < -0.4 is 11.1 Å². The Balaban J connectivity index is 2.35. The molecule has 2 rings (SSSR count). The summed E-state index contributed by atoms with van der Waals surface area (Å²) < 4.78 is 5.16. The minimum atomic E-state index is -0.396. The van der Waals surface area contributed by atoms with E-state index in [0.29, 0.717) is 17.4 Å². The standard InChI is InChI=1S/C16H24N2O2/c1-5-8-17-15(11(4)10(2)3)12-6-7-13-14(9-12)20-16(19)18-13/h6-7,9-11,15,17H,5,8H2,1-4H3,(H,18,19). The Kier molecular flexibility index (Phi) is 4.65. The number of hydrogen-bond acceptors (Lipinski definition) is 3. The molecule has 0 bridgehead atoms. The van der Waals surface area contributed by atoms with Crippen molar-refractivity contribution in [3.05, 3.63) is 34.3 Å². The van der Waals surface area contributed by atoms with Gasteiger partial charge in [0.1, 0.15) is 0 Å². The zero-order valence-corrected chi connectivity index (χ0v) is 12.7. The summed E-state index contributed by atoms with van der Waals surface area (Å²) in [6, 6.07) is 6.24. The van der Waals surface area contributed by atoms with Gasteiger partial charge in [-0.3, -0.25) is 4.98 Å². The average molecular weight is 276 g/mol. The van der Waals surface area contributed by atoms with Crippen LogP contribution in [0.3, 0.4) is 0 Å². The number of aromatic amines is 1. The fourth-order valence-electron chi connectivity index (χ4n) is 2.45. The molecule has 0 aliphatic heterocycles. The Hall–Kier alpha value is -1.55. The first kappa shape index (κ1) is 14.9. The molecule has 0 radical (unpaired) electrons. The van der Waals surface area contributed by atoms with Gasteiger partial charge in [0, 0.05) is 6.04 Å². The van der Waals surface area contributed by atoms with Crippen LogP contribution in [-0.4, -0.2) is 11.5 Å². The lowest BCUT2D eigenvalue weighted by atomic mass is 9.86. The monoisotopic (exact) mass is 276 g/mol. The van der Waals surface area contributed by atoms with Gasteiger partial charge < -0.3 is 9.73 Å². The predicted molar refractivity (Wildman–Crippen MR) is 81.9 cm³/mol. The first-order valence-corrected chi connectivity index (χ1v) is 7.39. The summed E-state index contributed by atoms with van der Waals surface area (Å²) >= 11 is 0. The fraction of sp³-hybridized carbons (Fsp3) is 0.562. The van der Waals surface area contributed by atoms with E-state index in [1.165, 1.54) is 5.56 Å². The molecule has 0 aliphatic carbocycles. The van der Waals surface area contributed by atoms with E-state index in [0.717, 1.165) is 18.5 Å². The Bertz CT molecular complexity index is 612. The lowest BCUT2D eigenvalue weighted by molar-refractivity contribution is 0.304. The summed E-state index contributed by atoms with van der Waals surface area (Å²) in [5, 5.41) is 3.61. The van der Waals surface area contributed by atoms with Gasteiger partial charge in [-0.1, -0.05) is 33.8 Å². The van der Waals surface area contributed by atoms with Crippen LogP contribution in [-0.2, 0) is 0 Å². The Morgan fingerprint density at radius 2 is 2.05 bits per heavy atom. The van der Waals surface area contributed by atoms with Crippen molar-refractivity contribution in [3.8, 4) is 0 Å². The lowest BCUT2D eigenvalue weighted by Gasteiger charge is -2.28. The number of aromatic nitrogens is 1. The van der Waals surface area contributed by atoms with Crippen LogP contribution in [0.25, 0.3) is 11.1 Å². The van der Waals surface area contributed by atoms with Crippen molar-refractivity contribution in [1.29, 1.82) is 0 Å². The second-order valence-electron chi connectivity index (χ2n) is 5.81. The van der Waals surface area contributed by atoms with Crippen molar-refractivity contribution >= 4 is 11.1 Å². The maximum Gasteiger partial charge on any atom is 0.417 e. The van der Waals surface area contributed by atoms with Crippen LogP contribution in [0.1, 0.15) is 45.7 Å². The summed E-state index contributed by atoms with van der Waals surface area (Å²) in [6.45, 7) is 9.88. The lowest BCUT2D eigenvalue weighted by Crippen LogP contribution is -2.30. The molecule has 1 heterocycles. The van der Waals surface area contributed by atoms with Gasteiger partial charge in [0.25, 0.3) is 0 Å². The van der Waals surface area contributed by atoms with Gasteiger partial charge in [-0.25, -0.2) is 4.79 Å². The number of fused-ring (bicyclic) bond motifs is 1. The third-order valence-electron chi connectivity index (χ3n) is 4.00. The highest BCUT2D eigenvalue weighted by Crippen LogP contribution is 2.29. The molecule has 0 amide bonds. The molecular weight excluding hydrogens is 252 g/mol. The van der Waals surface area contributed by atoms with E-state index in [1.807, 2.05) is 12.1 Å². The number of H-pyrrole nitrogens is 1. The molecule has 2 N–H and O–H groups in total. The van der Waals surface area contributed by atoms with Crippen molar-refractivity contribution in [2.75, 3.05) is 6.54 Å². The molecule has 4 nitrogen and oxygen atoms in total. The van der Waals surface area contributed by atoms with Crippen LogP contribution in [0.15, 0.2) is 27.4 Å². The normalized spacial score (nSPS) is 14.8. The molecule has 2 aromatic rings. The molecule has 2 atom stereocenters. The van der Waals surface area contributed by atoms with E-state index < -0.39 is 5.76 Å². The number of rotatable bonds is 6. The van der Waals surface area contributed by atoms with Gasteiger partial charge in [0.05, 0.1) is 5.52 Å². The maximum atomic E-state index is 11.2. The summed E-state index contributed by atoms with van der Waals surface area (Å²) in [6.07, 6.45) is 1.10. The van der Waals surface area contributed by atoms with Gasteiger partial charge in [-0.2, -0.15) is 0 Å². The molecule has 0 aliphatic rings. The predicted octanol–water partition coefficient (Wildman–Crippen LogP) is 3.45. The topological polar surface area (TPSA) is 58.0 Å². The van der Waals surface area contributed by atoms with Crippen molar-refractivity contribution in [1.82, 2.24) is 10.3 Å². The quantitative estimate of drug-likeness (QED) is 0.849. The highest BCUT2D eigenvalue weighted by Gasteiger charge is 2.22. The molecule has 2 unspecified atom stereocenters. The highest BCUT2D eigenvalue weighted by atomic mass is 16.4. The minimum absolute atomic E-state index is 0.277. The van der Waals surface area contributed by atoms with Crippen molar-refractivity contribution in [2.24, 2.45) is 11.8 Å². The highest BCUT2D eigenvalue weighted by molar-refractivity contribution is 5.72. The van der Waals surface area contributed by atoms with E-state index in [9.17, 15) is 4.79 Å². The average Bonchev–Trinajstić information content (AvgIpc) is 2.78. The molecule has 0 saturated heterocycles. The Morgan fingerprint density at radius 1 is 1.30 bits per heavy atom. The van der Waals surface area contributed by atoms with Gasteiger partial charge in [0.2, 0.25) is 0 Å². The number of benzene rings is 1. The first-order chi connectivity index (χ1) is 9.52. The SMILES string of the molecule is CCCNC(c1ccc2[nH]c(=O)oc2c1)C(C)C(C)C. The summed E-state index contributed by atoms with van der Waals surface area (Å²) in [4.78, 5) is 13.9. The van der Waals surface area contributed by atoms with E-state index >= 15 is 0 Å². The molecule has 1 aromatic heterocycles. The van der Waals surface area contributed by atoms with E-state index in [4.69, 9.17) is 4.42 Å². The largest absolute Gasteiger partial charge is 0.417 e. The zero-order chi connectivity index (χ0) is 14.7. The second-order valence-corrected chi connectivity index (χ2v) is 5.81. The maximum absolute atomic E-state index is 11.2. The third-order valence-corrected chi connectivity index (χ3v) is 4.00. The molecule has 20 heavy (non-hydrogen) atoms. The molecule has 1 aromatic carbocycles. The first-order valence-electron chi connectivity index (χ1n) is 7.39. The van der Waals surface area contributed by atoms with E-state index in [-0.39, 0.29) is 6.04 Å². The van der Waals surface area contributed by atoms with Gasteiger partial charge in [0.15, 0.2) is 5.58 Å². The smallest absolute Gasteiger partial charge is 0.408 e. The Labute approximate surface area is 119 Å². The van der Waals surface area contributed by atoms with Crippen molar-refractivity contribution in [2.45, 2.75) is 40.2 Å². The summed E-state index contributed by atoms with van der Waals surface area (Å²) in [5.41, 5.74) is 2.56. The Morgan fingerprint density at radius 3 is 2.70 bits per heavy atom. The summed E-state index contributed by atoms with van der Waals surface area (Å²) in [5.74, 6) is 0.690. The number of nitrogens with one attached hydrogen (secondary N) is 2. The van der Waals surface area contributed by atoms with Crippen LogP contribution in [0.4, 0.5) is 0 Å². The molecule has 0 saturated carbocycles. The van der Waals surface area contributed by atoms with Crippen LogP contribution in [0, 0.1) is 11.8 Å². The van der Waals surface area contributed by atoms with Gasteiger partial charge in [-0.05, 0) is 42.5 Å². The number of hydrogen-bond donors (Lipinski definition) is 2. The molecule has 0 fully saturated rings. The molecule has 4 heteroatoms. The fourth-order valence-corrected chi connectivity index (χ4v) is 2.45. The van der Waals surface area contributed by atoms with E-state index in [2.05, 4.69) is 44.1 Å². The van der Waals surface area contributed by atoms with Crippen LogP contribution in [0.5, 0.6) is 0 Å². The second kappa shape index (κ2) is 6.27. The van der Waals surface area contributed by atoms with Crippen molar-refractivity contribution in [3.63, 3.8) is 0 Å². The zero-order valence-electron chi connectivity index (χ0n) is 12.7. The van der Waals surface area contributed by atoms with Gasteiger partial charge >= 0.3 is 5.76 Å². The molecule has 0 spiro atoms. The van der Waals surface area contributed by atoms with Crippen molar-refractivity contribution < 1.29 is 4.42 Å². The van der Waals surface area contributed by atoms with Crippen LogP contribution >= 0.6 is 0 Å². The number of oxazole rings is 1. The van der Waals surface area contributed by atoms with Crippen LogP contribution in [0.2, 0.25) is 0 Å². The molecular formula is C16H24N2O2. The third kappa shape index (κ3) is 3.12. The van der Waals surface area contributed by atoms with E-state index in [1.54, 1.807) is 0 Å².